The summed E-state index contributed by atoms with van der Waals surface area (Å²) in [5, 5.41) is 0. The van der Waals surface area contributed by atoms with E-state index < -0.39 is 5.97 Å². The average molecular weight is 322 g/mol. The fourth-order valence-electron chi connectivity index (χ4n) is 1.15. The highest BCUT2D eigenvalue weighted by atomic mass is 127. The molecule has 0 spiro atoms. The monoisotopic (exact) mass is 322 g/mol. The molecule has 1 aromatic carbocycles. The molecule has 15 heavy (non-hydrogen) atoms. The van der Waals surface area contributed by atoms with Gasteiger partial charge in [-0.3, -0.25) is 0 Å². The fraction of sp³-hybridized carbons (Fsp3) is 0.300. The molecule has 0 fully saturated rings. The van der Waals surface area contributed by atoms with Crippen LogP contribution in [0, 0.1) is 3.57 Å². The van der Waals surface area contributed by atoms with E-state index in [2.05, 4.69) is 27.3 Å². The predicted octanol–water partition coefficient (Wildman–Crippen LogP) is 2.10. The fourth-order valence-corrected chi connectivity index (χ4v) is 1.98. The van der Waals surface area contributed by atoms with E-state index in [1.54, 1.807) is 19.2 Å². The zero-order valence-electron chi connectivity index (χ0n) is 8.67. The molecule has 1 aromatic rings. The Morgan fingerprint density at radius 2 is 1.87 bits per heavy atom. The van der Waals surface area contributed by atoms with Crippen LogP contribution in [0.15, 0.2) is 12.1 Å². The second-order valence-electron chi connectivity index (χ2n) is 2.69. The molecular weight excluding hydrogens is 311 g/mol. The quantitative estimate of drug-likeness (QED) is 0.631. The van der Waals surface area contributed by atoms with Crippen LogP contribution in [0.3, 0.4) is 0 Å². The molecule has 0 aromatic heterocycles. The zero-order chi connectivity index (χ0) is 11.4. The van der Waals surface area contributed by atoms with Gasteiger partial charge in [-0.05, 0) is 34.7 Å². The number of hydrogen-bond acceptors (Lipinski definition) is 4. The lowest BCUT2D eigenvalue weighted by Gasteiger charge is -2.10. The van der Waals surface area contributed by atoms with Gasteiger partial charge in [0.15, 0.2) is 11.5 Å². The van der Waals surface area contributed by atoms with E-state index in [9.17, 15) is 4.79 Å². The van der Waals surface area contributed by atoms with E-state index in [1.165, 1.54) is 14.2 Å². The molecule has 0 saturated carbocycles. The summed E-state index contributed by atoms with van der Waals surface area (Å²) in [4.78, 5) is 11.3. The molecule has 0 radical (unpaired) electrons. The smallest absolute Gasteiger partial charge is 0.338 e. The van der Waals surface area contributed by atoms with Gasteiger partial charge in [-0.25, -0.2) is 4.79 Å². The largest absolute Gasteiger partial charge is 0.493 e. The Morgan fingerprint density at radius 1 is 1.20 bits per heavy atom. The third kappa shape index (κ3) is 2.53. The summed E-state index contributed by atoms with van der Waals surface area (Å²) in [6, 6.07) is 3.28. The van der Waals surface area contributed by atoms with E-state index in [0.717, 1.165) is 3.57 Å². The van der Waals surface area contributed by atoms with Crippen LogP contribution in [-0.2, 0) is 4.74 Å². The molecule has 0 atom stereocenters. The highest BCUT2D eigenvalue weighted by molar-refractivity contribution is 14.1. The van der Waals surface area contributed by atoms with Crippen molar-refractivity contribution in [3.8, 4) is 11.5 Å². The van der Waals surface area contributed by atoms with Gasteiger partial charge in [0.2, 0.25) is 0 Å². The maximum Gasteiger partial charge on any atom is 0.338 e. The van der Waals surface area contributed by atoms with Gasteiger partial charge in [0.05, 0.1) is 30.5 Å². The van der Waals surface area contributed by atoms with Crippen LogP contribution in [0.4, 0.5) is 0 Å². The summed E-state index contributed by atoms with van der Waals surface area (Å²) in [6.45, 7) is 0. The van der Waals surface area contributed by atoms with Crippen molar-refractivity contribution in [2.75, 3.05) is 21.3 Å². The van der Waals surface area contributed by atoms with E-state index in [0.29, 0.717) is 17.1 Å². The maximum atomic E-state index is 11.3. The van der Waals surface area contributed by atoms with Crippen molar-refractivity contribution in [1.82, 2.24) is 0 Å². The molecule has 0 aliphatic rings. The van der Waals surface area contributed by atoms with Crippen molar-refractivity contribution in [3.63, 3.8) is 0 Å². The minimum absolute atomic E-state index is 0.395. The molecule has 0 unspecified atom stereocenters. The first kappa shape index (κ1) is 12.1. The second kappa shape index (κ2) is 5.20. The Morgan fingerprint density at radius 3 is 2.33 bits per heavy atom. The molecule has 0 N–H and O–H groups in total. The Labute approximate surface area is 102 Å². The van der Waals surface area contributed by atoms with Gasteiger partial charge in [-0.2, -0.15) is 0 Å². The molecule has 0 saturated heterocycles. The molecule has 1 rings (SSSR count). The van der Waals surface area contributed by atoms with E-state index in [-0.39, 0.29) is 0 Å². The number of benzene rings is 1. The lowest BCUT2D eigenvalue weighted by atomic mass is 10.2. The van der Waals surface area contributed by atoms with Crippen molar-refractivity contribution >= 4 is 28.6 Å². The average Bonchev–Trinajstić information content (AvgIpc) is 2.26. The summed E-state index contributed by atoms with van der Waals surface area (Å²) >= 11 is 2.07. The standard InChI is InChI=1S/C10H11IO4/c1-13-8-5-6(10(12)15-3)4-7(11)9(8)14-2/h4-5H,1-3H3. The van der Waals surface area contributed by atoms with Crippen molar-refractivity contribution in [3.05, 3.63) is 21.3 Å². The predicted molar refractivity (Wildman–Crippen MR) is 63.6 cm³/mol. The highest BCUT2D eigenvalue weighted by Gasteiger charge is 2.14. The second-order valence-corrected chi connectivity index (χ2v) is 3.85. The number of halogens is 1. The number of hydrogen-bond donors (Lipinski definition) is 0. The molecule has 0 bridgehead atoms. The Balaban J connectivity index is 3.25. The summed E-state index contributed by atoms with van der Waals surface area (Å²) in [6.07, 6.45) is 0. The van der Waals surface area contributed by atoms with Crippen molar-refractivity contribution in [2.45, 2.75) is 0 Å². The molecule has 0 aliphatic carbocycles. The third-order valence-corrected chi connectivity index (χ3v) is 2.66. The van der Waals surface area contributed by atoms with Crippen LogP contribution < -0.4 is 9.47 Å². The highest BCUT2D eigenvalue weighted by Crippen LogP contribution is 2.33. The molecule has 82 valence electrons. The van der Waals surface area contributed by atoms with Gasteiger partial charge >= 0.3 is 5.97 Å². The zero-order valence-corrected chi connectivity index (χ0v) is 10.8. The minimum Gasteiger partial charge on any atom is -0.493 e. The van der Waals surface area contributed by atoms with E-state index >= 15 is 0 Å². The lowest BCUT2D eigenvalue weighted by molar-refractivity contribution is 0.0600. The van der Waals surface area contributed by atoms with Crippen LogP contribution in [0.1, 0.15) is 10.4 Å². The first-order valence-electron chi connectivity index (χ1n) is 4.13. The van der Waals surface area contributed by atoms with Gasteiger partial charge in [-0.1, -0.05) is 0 Å². The van der Waals surface area contributed by atoms with Crippen LogP contribution >= 0.6 is 22.6 Å². The van der Waals surface area contributed by atoms with Gasteiger partial charge < -0.3 is 14.2 Å². The number of carbonyl (C=O) groups excluding carboxylic acids is 1. The first-order valence-corrected chi connectivity index (χ1v) is 5.21. The third-order valence-electron chi connectivity index (χ3n) is 1.85. The van der Waals surface area contributed by atoms with Crippen LogP contribution in [0.25, 0.3) is 0 Å². The lowest BCUT2D eigenvalue weighted by Crippen LogP contribution is -2.03. The number of methoxy groups -OCH3 is 3. The van der Waals surface area contributed by atoms with E-state index in [1.807, 2.05) is 0 Å². The summed E-state index contributed by atoms with van der Waals surface area (Å²) in [5.41, 5.74) is 0.444. The molecular formula is C10H11IO4. The van der Waals surface area contributed by atoms with Crippen molar-refractivity contribution in [2.24, 2.45) is 0 Å². The number of ether oxygens (including phenoxy) is 3. The first-order chi connectivity index (χ1) is 7.13. The maximum absolute atomic E-state index is 11.3. The number of carbonyl (C=O) groups is 1. The molecule has 0 amide bonds. The van der Waals surface area contributed by atoms with Crippen LogP contribution in [-0.4, -0.2) is 27.3 Å². The van der Waals surface area contributed by atoms with Crippen LogP contribution in [0.2, 0.25) is 0 Å². The number of esters is 1. The van der Waals surface area contributed by atoms with Crippen molar-refractivity contribution in [1.29, 1.82) is 0 Å². The molecule has 4 nitrogen and oxygen atoms in total. The SMILES string of the molecule is COC(=O)c1cc(I)c(OC)c(OC)c1. The minimum atomic E-state index is -0.395. The van der Waals surface area contributed by atoms with Gasteiger partial charge in [-0.15, -0.1) is 0 Å². The normalized spacial score (nSPS) is 9.60. The Kier molecular flexibility index (Phi) is 4.19. The van der Waals surface area contributed by atoms with Gasteiger partial charge in [0, 0.05) is 0 Å². The van der Waals surface area contributed by atoms with Gasteiger partial charge in [0.1, 0.15) is 0 Å². The van der Waals surface area contributed by atoms with E-state index in [4.69, 9.17) is 9.47 Å². The topological polar surface area (TPSA) is 44.8 Å². The summed E-state index contributed by atoms with van der Waals surface area (Å²) in [5.74, 6) is 0.740. The molecule has 0 heterocycles. The number of rotatable bonds is 3. The van der Waals surface area contributed by atoms with Crippen molar-refractivity contribution < 1.29 is 19.0 Å². The van der Waals surface area contributed by atoms with Crippen LogP contribution in [0.5, 0.6) is 11.5 Å². The Bertz CT molecular complexity index is 376. The van der Waals surface area contributed by atoms with Gasteiger partial charge in [0.25, 0.3) is 0 Å². The Hall–Kier alpha value is -0.980. The summed E-state index contributed by atoms with van der Waals surface area (Å²) < 4.78 is 15.7. The molecule has 5 heteroatoms. The molecule has 0 aliphatic heterocycles. The summed E-state index contributed by atoms with van der Waals surface area (Å²) in [7, 11) is 4.42.